The minimum Gasteiger partial charge on any atom is -0.493 e. The zero-order valence-corrected chi connectivity index (χ0v) is 17.3. The summed E-state index contributed by atoms with van der Waals surface area (Å²) < 4.78 is 29.6. The van der Waals surface area contributed by atoms with Crippen molar-refractivity contribution in [3.63, 3.8) is 0 Å². The summed E-state index contributed by atoms with van der Waals surface area (Å²) in [4.78, 5) is 7.68. The molecule has 0 aliphatic rings. The van der Waals surface area contributed by atoms with Gasteiger partial charge in [-0.1, -0.05) is 10.6 Å². The van der Waals surface area contributed by atoms with E-state index in [0.29, 0.717) is 21.5 Å². The van der Waals surface area contributed by atoms with Gasteiger partial charge in [0.25, 0.3) is 0 Å². The van der Waals surface area contributed by atoms with Crippen LogP contribution in [0.1, 0.15) is 0 Å². The summed E-state index contributed by atoms with van der Waals surface area (Å²) in [5.74, 6) is -0.230. The Labute approximate surface area is 172 Å². The summed E-state index contributed by atoms with van der Waals surface area (Å²) in [5.41, 5.74) is 1.42. The molecule has 27 heavy (non-hydrogen) atoms. The Balaban J connectivity index is 1.69. The van der Waals surface area contributed by atoms with Gasteiger partial charge in [0.15, 0.2) is 5.69 Å². The number of hydrogen-bond acceptors (Lipinski definition) is 6. The smallest absolute Gasteiger partial charge is 0.309 e. The Kier molecular flexibility index (Phi) is 4.70. The van der Waals surface area contributed by atoms with E-state index < -0.39 is 10.0 Å². The van der Waals surface area contributed by atoms with E-state index in [1.165, 1.54) is 6.07 Å². The minimum atomic E-state index is -4.00. The van der Waals surface area contributed by atoms with Crippen LogP contribution in [0.25, 0.3) is 21.5 Å². The van der Waals surface area contributed by atoms with Gasteiger partial charge in [0.05, 0.1) is 16.1 Å². The Hall–Kier alpha value is -2.31. The molecule has 3 aromatic heterocycles. The predicted octanol–water partition coefficient (Wildman–Crippen LogP) is 5.07. The number of thiophene rings is 1. The highest BCUT2D eigenvalue weighted by Gasteiger charge is 2.18. The second-order valence-corrected chi connectivity index (χ2v) is 9.64. The quantitative estimate of drug-likeness (QED) is 0.295. The van der Waals surface area contributed by atoms with Crippen molar-refractivity contribution in [3.05, 3.63) is 58.3 Å². The maximum atomic E-state index is 12.5. The molecule has 0 saturated carbocycles. The highest BCUT2D eigenvalue weighted by Crippen LogP contribution is 2.37. The number of rotatable bonds is 4. The van der Waals surface area contributed by atoms with E-state index in [1.807, 2.05) is 12.1 Å². The van der Waals surface area contributed by atoms with Crippen molar-refractivity contribution in [2.24, 2.45) is 9.63 Å². The molecule has 0 saturated heterocycles. The van der Waals surface area contributed by atoms with E-state index in [0.717, 1.165) is 14.9 Å². The van der Waals surface area contributed by atoms with E-state index >= 15 is 0 Å². The van der Waals surface area contributed by atoms with Crippen LogP contribution in [-0.2, 0) is 10.0 Å². The first-order valence-electron chi connectivity index (χ1n) is 7.63. The summed E-state index contributed by atoms with van der Waals surface area (Å²) in [7, 11) is -4.00. The van der Waals surface area contributed by atoms with Crippen LogP contribution in [0.15, 0.2) is 68.6 Å². The number of pyridine rings is 1. The molecular weight excluding hydrogens is 499 g/mol. The molecule has 7 nitrogen and oxygen atoms in total. The lowest BCUT2D eigenvalue weighted by Crippen LogP contribution is -1.91. The van der Waals surface area contributed by atoms with Gasteiger partial charge in [-0.2, -0.15) is 8.42 Å². The first kappa shape index (κ1) is 18.1. The molecule has 4 rings (SSSR count). The van der Waals surface area contributed by atoms with Gasteiger partial charge in [0.1, 0.15) is 4.21 Å². The van der Waals surface area contributed by atoms with Gasteiger partial charge >= 0.3 is 10.0 Å². The molecule has 1 aromatic carbocycles. The SMILES string of the molecule is O=S(=O)(N=Nc1c(O)[nH]c2ccc(I)cc12)c1ccc(-c2ccccn2)s1. The fraction of sp³-hybridized carbons (Fsp3) is 0. The lowest BCUT2D eigenvalue weighted by Gasteiger charge is -1.95. The number of hydrogen-bond donors (Lipinski definition) is 2. The van der Waals surface area contributed by atoms with Gasteiger partial charge < -0.3 is 10.1 Å². The molecule has 2 N–H and O–H groups in total. The van der Waals surface area contributed by atoms with Crippen LogP contribution in [0, 0.1) is 3.57 Å². The molecule has 0 spiro atoms. The third-order valence-electron chi connectivity index (χ3n) is 3.72. The Morgan fingerprint density at radius 2 is 2.00 bits per heavy atom. The van der Waals surface area contributed by atoms with Gasteiger partial charge in [-0.05, 0) is 65.1 Å². The molecule has 0 atom stereocenters. The number of nitrogens with zero attached hydrogens (tertiary/aromatic N) is 3. The van der Waals surface area contributed by atoms with Gasteiger partial charge in [-0.15, -0.1) is 16.5 Å². The topological polar surface area (TPSA) is 108 Å². The van der Waals surface area contributed by atoms with Gasteiger partial charge in [0, 0.05) is 15.2 Å². The van der Waals surface area contributed by atoms with Crippen molar-refractivity contribution in [1.82, 2.24) is 9.97 Å². The molecule has 0 amide bonds. The normalized spacial score (nSPS) is 12.2. The second-order valence-electron chi connectivity index (χ2n) is 5.50. The van der Waals surface area contributed by atoms with Crippen molar-refractivity contribution < 1.29 is 13.5 Å². The van der Waals surface area contributed by atoms with Crippen LogP contribution < -0.4 is 0 Å². The summed E-state index contributed by atoms with van der Waals surface area (Å²) in [5, 5.41) is 14.4. The van der Waals surface area contributed by atoms with E-state index in [9.17, 15) is 13.5 Å². The largest absolute Gasteiger partial charge is 0.493 e. The molecule has 0 aliphatic heterocycles. The standard InChI is InChI=1S/C17H11IN4O3S2/c18-10-4-5-12-11(9-10)16(17(23)20-12)21-22-27(24,25)15-7-6-14(26-15)13-3-1-2-8-19-13/h1-9,20,23H. The minimum absolute atomic E-state index is 0.0563. The number of H-pyrrole nitrogens is 1. The summed E-state index contributed by atoms with van der Waals surface area (Å²) in [6.45, 7) is 0. The molecule has 0 bridgehead atoms. The number of aromatic hydroxyl groups is 1. The zero-order chi connectivity index (χ0) is 19.0. The Bertz CT molecular complexity index is 1260. The van der Waals surface area contributed by atoms with Gasteiger partial charge in [-0.3, -0.25) is 4.98 Å². The number of benzene rings is 1. The molecule has 10 heteroatoms. The molecule has 0 unspecified atom stereocenters. The molecule has 136 valence electrons. The van der Waals surface area contributed by atoms with Crippen molar-refractivity contribution in [2.45, 2.75) is 4.21 Å². The van der Waals surface area contributed by atoms with Crippen molar-refractivity contribution >= 4 is 60.5 Å². The molecule has 4 aromatic rings. The van der Waals surface area contributed by atoms with E-state index in [2.05, 4.69) is 42.2 Å². The third kappa shape index (κ3) is 3.59. The number of aromatic nitrogens is 2. The first-order chi connectivity index (χ1) is 12.9. The average Bonchev–Trinajstić information content (AvgIpc) is 3.26. The highest BCUT2D eigenvalue weighted by molar-refractivity contribution is 14.1. The Morgan fingerprint density at radius 3 is 2.78 bits per heavy atom. The highest BCUT2D eigenvalue weighted by atomic mass is 127. The lowest BCUT2D eigenvalue weighted by molar-refractivity contribution is 0.459. The number of aromatic amines is 1. The third-order valence-corrected chi connectivity index (χ3v) is 7.11. The lowest BCUT2D eigenvalue weighted by atomic mass is 10.2. The number of halogens is 1. The summed E-state index contributed by atoms with van der Waals surface area (Å²) in [6, 6.07) is 14.0. The molecule has 0 aliphatic carbocycles. The number of nitrogens with one attached hydrogen (secondary N) is 1. The monoisotopic (exact) mass is 510 g/mol. The number of sulfonamides is 1. The average molecular weight is 510 g/mol. The number of fused-ring (bicyclic) bond motifs is 1. The van der Waals surface area contributed by atoms with Crippen LogP contribution in [0.4, 0.5) is 5.69 Å². The van der Waals surface area contributed by atoms with E-state index in [-0.39, 0.29) is 15.8 Å². The zero-order valence-electron chi connectivity index (χ0n) is 13.5. The van der Waals surface area contributed by atoms with Crippen LogP contribution in [0.2, 0.25) is 0 Å². The summed E-state index contributed by atoms with van der Waals surface area (Å²) >= 11 is 3.19. The van der Waals surface area contributed by atoms with Crippen LogP contribution >= 0.6 is 33.9 Å². The first-order valence-corrected chi connectivity index (χ1v) is 11.0. The van der Waals surface area contributed by atoms with Crippen molar-refractivity contribution in [1.29, 1.82) is 0 Å². The Morgan fingerprint density at radius 1 is 1.15 bits per heavy atom. The van der Waals surface area contributed by atoms with E-state index in [4.69, 9.17) is 0 Å². The molecule has 0 radical (unpaired) electrons. The summed E-state index contributed by atoms with van der Waals surface area (Å²) in [6.07, 6.45) is 1.64. The van der Waals surface area contributed by atoms with Crippen LogP contribution in [0.5, 0.6) is 5.88 Å². The molecule has 0 fully saturated rings. The predicted molar refractivity (Wildman–Crippen MR) is 112 cm³/mol. The van der Waals surface area contributed by atoms with Crippen molar-refractivity contribution in [2.75, 3.05) is 0 Å². The van der Waals surface area contributed by atoms with Gasteiger partial charge in [-0.25, -0.2) is 0 Å². The van der Waals surface area contributed by atoms with Crippen LogP contribution in [-0.4, -0.2) is 23.5 Å². The maximum Gasteiger partial charge on any atom is 0.309 e. The fourth-order valence-corrected chi connectivity index (χ4v) is 4.98. The van der Waals surface area contributed by atoms with Gasteiger partial charge in [0.2, 0.25) is 5.88 Å². The second kappa shape index (κ2) is 7.02. The fourth-order valence-electron chi connectivity index (χ4n) is 2.48. The van der Waals surface area contributed by atoms with Crippen molar-refractivity contribution in [3.8, 4) is 16.5 Å². The van der Waals surface area contributed by atoms with E-state index in [1.54, 1.807) is 36.5 Å². The van der Waals surface area contributed by atoms with Crippen LogP contribution in [0.3, 0.4) is 0 Å². The molecule has 3 heterocycles. The maximum absolute atomic E-state index is 12.5. The molecular formula is C17H11IN4O3S2.